The molecule has 2 aromatic carbocycles. The van der Waals surface area contributed by atoms with Gasteiger partial charge in [-0.25, -0.2) is 0 Å². The first-order valence-electron chi connectivity index (χ1n) is 9.43. The van der Waals surface area contributed by atoms with Crippen LogP contribution in [0.5, 0.6) is 0 Å². The number of halogens is 1. The number of aliphatic imine (C=N–C) groups is 1. The fourth-order valence-electron chi connectivity index (χ4n) is 3.06. The zero-order valence-corrected chi connectivity index (χ0v) is 16.1. The van der Waals surface area contributed by atoms with Gasteiger partial charge in [0.2, 0.25) is 0 Å². The minimum absolute atomic E-state index is 0.469. The Hall–Kier alpha value is -2.57. The summed E-state index contributed by atoms with van der Waals surface area (Å²) in [6, 6.07) is 16.7. The zero-order valence-electron chi connectivity index (χ0n) is 15.4. The van der Waals surface area contributed by atoms with E-state index >= 15 is 0 Å². The van der Waals surface area contributed by atoms with Crippen molar-refractivity contribution in [2.45, 2.75) is 44.6 Å². The van der Waals surface area contributed by atoms with Crippen LogP contribution in [0.25, 0.3) is 0 Å². The Labute approximate surface area is 166 Å². The van der Waals surface area contributed by atoms with Crippen molar-refractivity contribution < 1.29 is 0 Å². The molecule has 2 N–H and O–H groups in total. The molecule has 0 radical (unpaired) electrons. The summed E-state index contributed by atoms with van der Waals surface area (Å²) in [5, 5.41) is 9.60. The van der Waals surface area contributed by atoms with Crippen molar-refractivity contribution in [3.05, 3.63) is 82.0 Å². The van der Waals surface area contributed by atoms with Crippen molar-refractivity contribution in [1.29, 1.82) is 5.26 Å². The van der Waals surface area contributed by atoms with Gasteiger partial charge in [0.15, 0.2) is 0 Å². The van der Waals surface area contributed by atoms with Crippen molar-refractivity contribution in [3.8, 4) is 6.07 Å². The lowest BCUT2D eigenvalue weighted by atomic mass is 10.00. The van der Waals surface area contributed by atoms with Crippen molar-refractivity contribution in [3.63, 3.8) is 0 Å². The van der Waals surface area contributed by atoms with Gasteiger partial charge in [0.05, 0.1) is 23.4 Å². The van der Waals surface area contributed by atoms with Gasteiger partial charge in [-0.05, 0) is 85.7 Å². The van der Waals surface area contributed by atoms with Crippen LogP contribution in [0.15, 0.2) is 59.7 Å². The van der Waals surface area contributed by atoms with Crippen LogP contribution in [0.4, 0.5) is 0 Å². The molecule has 0 heterocycles. The number of unbranched alkanes of at least 4 members (excludes halogenated alkanes) is 1. The van der Waals surface area contributed by atoms with Gasteiger partial charge in [-0.1, -0.05) is 35.9 Å². The number of rotatable bonds is 8. The molecular formula is C23H24ClN3. The topological polar surface area (TPSA) is 62.2 Å². The Kier molecular flexibility index (Phi) is 6.68. The zero-order chi connectivity index (χ0) is 19.1. The number of nitrogens with two attached hydrogens (primary N) is 1. The highest BCUT2D eigenvalue weighted by Gasteiger charge is 2.20. The molecule has 2 aromatic rings. The first kappa shape index (κ1) is 19.2. The number of nitriles is 1. The summed E-state index contributed by atoms with van der Waals surface area (Å²) in [7, 11) is 0. The minimum Gasteiger partial charge on any atom is -0.405 e. The van der Waals surface area contributed by atoms with Crippen LogP contribution in [0.3, 0.4) is 0 Å². The van der Waals surface area contributed by atoms with Gasteiger partial charge in [-0.15, -0.1) is 0 Å². The van der Waals surface area contributed by atoms with E-state index in [4.69, 9.17) is 27.6 Å². The Morgan fingerprint density at radius 2 is 2.00 bits per heavy atom. The van der Waals surface area contributed by atoms with Crippen LogP contribution in [0, 0.1) is 11.3 Å². The maximum absolute atomic E-state index is 8.91. The third kappa shape index (κ3) is 5.70. The molecule has 4 heteroatoms. The molecule has 0 bridgehead atoms. The third-order valence-electron chi connectivity index (χ3n) is 4.69. The average molecular weight is 378 g/mol. The van der Waals surface area contributed by atoms with E-state index in [0.29, 0.717) is 16.6 Å². The molecule has 1 saturated carbocycles. The first-order chi connectivity index (χ1) is 13.2. The highest BCUT2D eigenvalue weighted by molar-refractivity contribution is 6.31. The molecule has 3 rings (SSSR count). The predicted octanol–water partition coefficient (Wildman–Crippen LogP) is 5.20. The van der Waals surface area contributed by atoms with Gasteiger partial charge in [0.1, 0.15) is 0 Å². The van der Waals surface area contributed by atoms with Crippen LogP contribution in [-0.4, -0.2) is 11.8 Å². The SMILES string of the molecule is N#Cc1ccc(CCCCc2cccc(C(C=CN)=NC3CC3)c2)c(Cl)c1. The van der Waals surface area contributed by atoms with E-state index in [2.05, 4.69) is 30.3 Å². The van der Waals surface area contributed by atoms with Crippen LogP contribution in [0.1, 0.15) is 47.9 Å². The number of nitrogens with zero attached hydrogens (tertiary/aromatic N) is 2. The van der Waals surface area contributed by atoms with Gasteiger partial charge in [0.25, 0.3) is 0 Å². The molecule has 0 aromatic heterocycles. The van der Waals surface area contributed by atoms with Crippen LogP contribution in [0.2, 0.25) is 5.02 Å². The number of benzene rings is 2. The molecule has 3 nitrogen and oxygen atoms in total. The summed E-state index contributed by atoms with van der Waals surface area (Å²) in [5.74, 6) is 0. The Morgan fingerprint density at radius 1 is 1.19 bits per heavy atom. The molecular weight excluding hydrogens is 354 g/mol. The number of hydrogen-bond donors (Lipinski definition) is 1. The highest BCUT2D eigenvalue weighted by Crippen LogP contribution is 2.25. The molecule has 0 amide bonds. The van der Waals surface area contributed by atoms with Gasteiger partial charge < -0.3 is 5.73 Å². The second-order valence-corrected chi connectivity index (χ2v) is 7.34. The lowest BCUT2D eigenvalue weighted by Crippen LogP contribution is -2.01. The normalized spacial score (nSPS) is 14.4. The molecule has 0 unspecified atom stereocenters. The summed E-state index contributed by atoms with van der Waals surface area (Å²) in [6.07, 6.45) is 9.90. The maximum Gasteiger partial charge on any atom is 0.0992 e. The maximum atomic E-state index is 8.91. The van der Waals surface area contributed by atoms with Crippen molar-refractivity contribution in [2.75, 3.05) is 0 Å². The number of aryl methyl sites for hydroxylation is 2. The lowest BCUT2D eigenvalue weighted by molar-refractivity contribution is 0.734. The fraction of sp³-hybridized carbons (Fsp3) is 0.304. The van der Waals surface area contributed by atoms with Gasteiger partial charge in [-0.3, -0.25) is 4.99 Å². The van der Waals surface area contributed by atoms with E-state index in [1.54, 1.807) is 12.3 Å². The quantitative estimate of drug-likeness (QED) is 0.507. The van der Waals surface area contributed by atoms with E-state index in [-0.39, 0.29) is 0 Å². The van der Waals surface area contributed by atoms with Crippen molar-refractivity contribution in [1.82, 2.24) is 0 Å². The van der Waals surface area contributed by atoms with Gasteiger partial charge in [-0.2, -0.15) is 5.26 Å². The number of allylic oxidation sites excluding steroid dienone is 1. The second-order valence-electron chi connectivity index (χ2n) is 6.93. The molecule has 0 saturated heterocycles. The molecule has 138 valence electrons. The van der Waals surface area contributed by atoms with E-state index in [0.717, 1.165) is 42.5 Å². The van der Waals surface area contributed by atoms with Gasteiger partial charge >= 0.3 is 0 Å². The summed E-state index contributed by atoms with van der Waals surface area (Å²) in [5.41, 5.74) is 10.7. The second kappa shape index (κ2) is 9.39. The van der Waals surface area contributed by atoms with Crippen LogP contribution < -0.4 is 5.73 Å². The monoisotopic (exact) mass is 377 g/mol. The Balaban J connectivity index is 1.56. The van der Waals surface area contributed by atoms with E-state index in [9.17, 15) is 0 Å². The van der Waals surface area contributed by atoms with E-state index < -0.39 is 0 Å². The third-order valence-corrected chi connectivity index (χ3v) is 5.04. The molecule has 0 atom stereocenters. The summed E-state index contributed by atoms with van der Waals surface area (Å²) in [4.78, 5) is 4.76. The molecule has 1 aliphatic rings. The molecule has 0 aliphatic heterocycles. The summed E-state index contributed by atoms with van der Waals surface area (Å²) < 4.78 is 0. The van der Waals surface area contributed by atoms with Crippen molar-refractivity contribution >= 4 is 17.3 Å². The molecule has 27 heavy (non-hydrogen) atoms. The standard InChI is InChI=1S/C23H24ClN3/c24-22-15-18(16-26)8-9-19(22)6-2-1-4-17-5-3-7-20(14-17)23(12-13-25)27-21-10-11-21/h3,5,7-9,12-15,21H,1-2,4,6,10-11,25H2. The first-order valence-corrected chi connectivity index (χ1v) is 9.81. The largest absolute Gasteiger partial charge is 0.405 e. The number of hydrogen-bond acceptors (Lipinski definition) is 3. The molecule has 0 spiro atoms. The van der Waals surface area contributed by atoms with Crippen molar-refractivity contribution in [2.24, 2.45) is 10.7 Å². The average Bonchev–Trinajstić information content (AvgIpc) is 3.50. The fourth-order valence-corrected chi connectivity index (χ4v) is 3.33. The van der Waals surface area contributed by atoms with Gasteiger partial charge in [0, 0.05) is 5.02 Å². The predicted molar refractivity (Wildman–Crippen MR) is 112 cm³/mol. The molecule has 1 aliphatic carbocycles. The van der Waals surface area contributed by atoms with E-state index in [1.807, 2.05) is 18.2 Å². The Morgan fingerprint density at radius 3 is 2.70 bits per heavy atom. The highest BCUT2D eigenvalue weighted by atomic mass is 35.5. The van der Waals surface area contributed by atoms with Crippen LogP contribution in [-0.2, 0) is 12.8 Å². The van der Waals surface area contributed by atoms with Crippen LogP contribution >= 0.6 is 11.6 Å². The molecule has 1 fully saturated rings. The van der Waals surface area contributed by atoms with E-state index in [1.165, 1.54) is 18.4 Å². The lowest BCUT2D eigenvalue weighted by Gasteiger charge is -2.07. The summed E-state index contributed by atoms with van der Waals surface area (Å²) >= 11 is 6.26. The smallest absolute Gasteiger partial charge is 0.0992 e. The minimum atomic E-state index is 0.469. The Bertz CT molecular complexity index is 889. The summed E-state index contributed by atoms with van der Waals surface area (Å²) in [6.45, 7) is 0.